The molecule has 2 N–H and O–H groups in total. The van der Waals surface area contributed by atoms with E-state index >= 15 is 0 Å². The molecule has 0 unspecified atom stereocenters. The van der Waals surface area contributed by atoms with Crippen molar-refractivity contribution in [3.63, 3.8) is 0 Å². The van der Waals surface area contributed by atoms with Gasteiger partial charge in [0.1, 0.15) is 23.2 Å². The van der Waals surface area contributed by atoms with Crippen molar-refractivity contribution in [2.24, 2.45) is 5.73 Å². The molecule has 0 saturated carbocycles. The van der Waals surface area contributed by atoms with E-state index in [9.17, 15) is 9.59 Å². The molecule has 0 aliphatic carbocycles. The molecule has 0 radical (unpaired) electrons. The van der Waals surface area contributed by atoms with Gasteiger partial charge in [-0.05, 0) is 44.2 Å². The van der Waals surface area contributed by atoms with Crippen molar-refractivity contribution in [2.45, 2.75) is 20.0 Å². The number of nitriles is 1. The summed E-state index contributed by atoms with van der Waals surface area (Å²) in [6.07, 6.45) is 0.986. The molecule has 0 aliphatic heterocycles. The van der Waals surface area contributed by atoms with Crippen molar-refractivity contribution in [3.05, 3.63) is 51.7 Å². The zero-order valence-corrected chi connectivity index (χ0v) is 15.2. The first kappa shape index (κ1) is 18.5. The third-order valence-electron chi connectivity index (χ3n) is 3.11. The zero-order chi connectivity index (χ0) is 18.6. The van der Waals surface area contributed by atoms with Crippen LogP contribution in [0.3, 0.4) is 0 Å². The van der Waals surface area contributed by atoms with Crippen LogP contribution in [0.15, 0.2) is 44.8 Å². The molecular formula is C18H15BrN2O4. The molecule has 0 bridgehead atoms. The van der Waals surface area contributed by atoms with E-state index in [0.717, 1.165) is 4.47 Å². The van der Waals surface area contributed by atoms with Crippen LogP contribution in [0.2, 0.25) is 0 Å². The lowest BCUT2D eigenvalue weighted by Crippen LogP contribution is -2.12. The van der Waals surface area contributed by atoms with Gasteiger partial charge in [0.15, 0.2) is 0 Å². The minimum absolute atomic E-state index is 0.226. The Morgan fingerprint density at radius 2 is 2.04 bits per heavy atom. The summed E-state index contributed by atoms with van der Waals surface area (Å²) in [6, 6.07) is 10.0. The van der Waals surface area contributed by atoms with Gasteiger partial charge in [-0.2, -0.15) is 5.26 Å². The number of ether oxygens (including phenoxy) is 1. The van der Waals surface area contributed by atoms with E-state index in [2.05, 4.69) is 15.9 Å². The number of nitrogens with two attached hydrogens (primary N) is 1. The highest BCUT2D eigenvalue weighted by atomic mass is 79.9. The van der Waals surface area contributed by atoms with Crippen LogP contribution in [0, 0.1) is 11.3 Å². The minimum Gasteiger partial charge on any atom is -0.459 e. The highest BCUT2D eigenvalue weighted by Crippen LogP contribution is 2.30. The Balaban J connectivity index is 2.45. The molecule has 2 aromatic rings. The van der Waals surface area contributed by atoms with E-state index in [1.807, 2.05) is 0 Å². The van der Waals surface area contributed by atoms with Crippen molar-refractivity contribution in [1.82, 2.24) is 0 Å². The number of carbonyl (C=O) groups is 2. The molecule has 6 nitrogen and oxygen atoms in total. The number of hydrogen-bond donors (Lipinski definition) is 1. The van der Waals surface area contributed by atoms with Gasteiger partial charge in [0.25, 0.3) is 5.91 Å². The fourth-order valence-electron chi connectivity index (χ4n) is 2.05. The van der Waals surface area contributed by atoms with Gasteiger partial charge in [-0.15, -0.1) is 0 Å². The van der Waals surface area contributed by atoms with Crippen molar-refractivity contribution < 1.29 is 18.7 Å². The van der Waals surface area contributed by atoms with Gasteiger partial charge in [0.2, 0.25) is 0 Å². The SMILES string of the molecule is CC(C)OC(=O)c1cc(Br)ccc1-c1ccc(/C=C(\C#N)C(N)=O)o1. The summed E-state index contributed by atoms with van der Waals surface area (Å²) in [5.74, 6) is -0.646. The molecule has 0 atom stereocenters. The molecular weight excluding hydrogens is 388 g/mol. The number of furan rings is 1. The third kappa shape index (κ3) is 4.58. The first-order chi connectivity index (χ1) is 11.8. The van der Waals surface area contributed by atoms with E-state index in [1.54, 1.807) is 50.2 Å². The van der Waals surface area contributed by atoms with Crippen LogP contribution in [0.4, 0.5) is 0 Å². The highest BCUT2D eigenvalue weighted by molar-refractivity contribution is 9.10. The minimum atomic E-state index is -0.842. The van der Waals surface area contributed by atoms with Gasteiger partial charge in [0, 0.05) is 16.1 Å². The molecule has 128 valence electrons. The lowest BCUT2D eigenvalue weighted by molar-refractivity contribution is -0.114. The molecule has 1 aromatic heterocycles. The van der Waals surface area contributed by atoms with Crippen molar-refractivity contribution in [2.75, 3.05) is 0 Å². The van der Waals surface area contributed by atoms with Crippen LogP contribution < -0.4 is 5.73 Å². The van der Waals surface area contributed by atoms with E-state index in [1.165, 1.54) is 6.08 Å². The van der Waals surface area contributed by atoms with Crippen LogP contribution in [0.25, 0.3) is 17.4 Å². The number of carbonyl (C=O) groups excluding carboxylic acids is 2. The summed E-state index contributed by atoms with van der Waals surface area (Å²) in [5, 5.41) is 8.89. The van der Waals surface area contributed by atoms with Gasteiger partial charge in [-0.25, -0.2) is 4.79 Å². The Hall–Kier alpha value is -2.85. The molecule has 0 saturated heterocycles. The van der Waals surface area contributed by atoms with Crippen LogP contribution in [0.5, 0.6) is 0 Å². The fraction of sp³-hybridized carbons (Fsp3) is 0.167. The van der Waals surface area contributed by atoms with Crippen LogP contribution in [0.1, 0.15) is 30.0 Å². The van der Waals surface area contributed by atoms with E-state index in [0.29, 0.717) is 16.9 Å². The lowest BCUT2D eigenvalue weighted by Gasteiger charge is -2.11. The number of primary amides is 1. The summed E-state index contributed by atoms with van der Waals surface area (Å²) < 4.78 is 11.6. The second kappa shape index (κ2) is 7.81. The van der Waals surface area contributed by atoms with Gasteiger partial charge in [-0.3, -0.25) is 4.79 Å². The summed E-state index contributed by atoms with van der Waals surface area (Å²) in [7, 11) is 0. The Morgan fingerprint density at radius 3 is 2.64 bits per heavy atom. The fourth-order valence-corrected chi connectivity index (χ4v) is 2.41. The number of halogens is 1. The second-order valence-electron chi connectivity index (χ2n) is 5.38. The van der Waals surface area contributed by atoms with E-state index < -0.39 is 11.9 Å². The predicted octanol–water partition coefficient (Wildman–Crippen LogP) is 3.67. The lowest BCUT2D eigenvalue weighted by atomic mass is 10.1. The normalized spacial score (nSPS) is 11.2. The van der Waals surface area contributed by atoms with Gasteiger partial charge in [-0.1, -0.05) is 15.9 Å². The van der Waals surface area contributed by atoms with Crippen LogP contribution in [-0.2, 0) is 9.53 Å². The van der Waals surface area contributed by atoms with Crippen molar-refractivity contribution in [3.8, 4) is 17.4 Å². The molecule has 7 heteroatoms. The number of rotatable bonds is 5. The zero-order valence-electron chi connectivity index (χ0n) is 13.6. The Labute approximate surface area is 153 Å². The molecule has 0 fully saturated rings. The van der Waals surface area contributed by atoms with Crippen molar-refractivity contribution >= 4 is 33.9 Å². The van der Waals surface area contributed by atoms with E-state index in [4.69, 9.17) is 20.1 Å². The number of nitrogens with zero attached hydrogens (tertiary/aromatic N) is 1. The molecule has 2 rings (SSSR count). The van der Waals surface area contributed by atoms with Gasteiger partial charge in [0.05, 0.1) is 11.7 Å². The van der Waals surface area contributed by atoms with Gasteiger partial charge >= 0.3 is 5.97 Å². The summed E-state index contributed by atoms with van der Waals surface area (Å²) in [5.41, 5.74) is 5.75. The van der Waals surface area contributed by atoms with Crippen molar-refractivity contribution in [1.29, 1.82) is 5.26 Å². The van der Waals surface area contributed by atoms with Crippen LogP contribution >= 0.6 is 15.9 Å². The number of amides is 1. The quantitative estimate of drug-likeness (QED) is 0.466. The molecule has 1 amide bonds. The Bertz CT molecular complexity index is 891. The third-order valence-corrected chi connectivity index (χ3v) is 3.60. The summed E-state index contributed by atoms with van der Waals surface area (Å²) in [4.78, 5) is 23.4. The molecule has 25 heavy (non-hydrogen) atoms. The summed E-state index contributed by atoms with van der Waals surface area (Å²) in [6.45, 7) is 3.52. The Kier molecular flexibility index (Phi) is 5.78. The number of benzene rings is 1. The largest absolute Gasteiger partial charge is 0.459 e. The second-order valence-corrected chi connectivity index (χ2v) is 6.30. The smallest absolute Gasteiger partial charge is 0.339 e. The first-order valence-corrected chi connectivity index (χ1v) is 8.13. The standard InChI is InChI=1S/C18H15BrN2O4/c1-10(2)24-18(23)15-8-12(19)3-5-14(15)16-6-4-13(25-16)7-11(9-20)17(21)22/h3-8,10H,1-2H3,(H2,21,22)/b11-7+. The average molecular weight is 403 g/mol. The molecule has 1 aromatic carbocycles. The molecule has 0 spiro atoms. The Morgan fingerprint density at radius 1 is 1.32 bits per heavy atom. The maximum Gasteiger partial charge on any atom is 0.339 e. The highest BCUT2D eigenvalue weighted by Gasteiger charge is 2.18. The monoisotopic (exact) mass is 402 g/mol. The van der Waals surface area contributed by atoms with Gasteiger partial charge < -0.3 is 14.9 Å². The first-order valence-electron chi connectivity index (χ1n) is 7.34. The maximum atomic E-state index is 12.3. The predicted molar refractivity (Wildman–Crippen MR) is 95.2 cm³/mol. The van der Waals surface area contributed by atoms with E-state index in [-0.39, 0.29) is 17.4 Å². The average Bonchev–Trinajstić information content (AvgIpc) is 3.00. The summed E-state index contributed by atoms with van der Waals surface area (Å²) >= 11 is 3.33. The molecule has 0 aliphatic rings. The van der Waals surface area contributed by atoms with Crippen LogP contribution in [-0.4, -0.2) is 18.0 Å². The number of hydrogen-bond acceptors (Lipinski definition) is 5. The topological polar surface area (TPSA) is 106 Å². The number of esters is 1. The molecule has 1 heterocycles. The maximum absolute atomic E-state index is 12.3.